The summed E-state index contributed by atoms with van der Waals surface area (Å²) in [5.74, 6) is 0. The van der Waals surface area contributed by atoms with Crippen LogP contribution >= 0.6 is 0 Å². The third kappa shape index (κ3) is 7.28. The van der Waals surface area contributed by atoms with E-state index in [0.717, 1.165) is 32.2 Å². The standard InChI is InChI=1S/C10H24N4O2/c1-3-5-7-11-8-10-13(9-6-4-2)14(16)12-15/h11,15H,3-10H2,1-2H3/p-1/b14-12-. The third-order valence-corrected chi connectivity index (χ3v) is 2.34. The van der Waals surface area contributed by atoms with Crippen LogP contribution in [-0.2, 0) is 0 Å². The lowest BCUT2D eigenvalue weighted by Gasteiger charge is -2.19. The summed E-state index contributed by atoms with van der Waals surface area (Å²) >= 11 is 0. The molecule has 0 aliphatic carbocycles. The Labute approximate surface area is 97.5 Å². The molecule has 0 bridgehead atoms. The topological polar surface area (TPSA) is 76.8 Å². The van der Waals surface area contributed by atoms with E-state index in [1.54, 1.807) is 0 Å². The predicted molar refractivity (Wildman–Crippen MR) is 63.7 cm³/mol. The van der Waals surface area contributed by atoms with Crippen molar-refractivity contribution in [3.63, 3.8) is 0 Å². The number of hydrogen-bond donors (Lipinski definition) is 1. The monoisotopic (exact) mass is 231 g/mol. The van der Waals surface area contributed by atoms with Crippen LogP contribution in [0.4, 0.5) is 0 Å². The molecule has 0 unspecified atom stereocenters. The fourth-order valence-electron chi connectivity index (χ4n) is 1.31. The first kappa shape index (κ1) is 15.0. The molecule has 16 heavy (non-hydrogen) atoms. The molecule has 0 spiro atoms. The van der Waals surface area contributed by atoms with E-state index in [0.29, 0.717) is 19.6 Å². The van der Waals surface area contributed by atoms with Crippen molar-refractivity contribution in [1.82, 2.24) is 10.3 Å². The summed E-state index contributed by atoms with van der Waals surface area (Å²) in [6.07, 6.45) is 4.16. The molecule has 0 saturated heterocycles. The third-order valence-electron chi connectivity index (χ3n) is 2.34. The summed E-state index contributed by atoms with van der Waals surface area (Å²) in [6, 6.07) is 0. The van der Waals surface area contributed by atoms with Gasteiger partial charge in [0, 0.05) is 11.5 Å². The molecule has 0 aromatic rings. The Balaban J connectivity index is 3.74. The van der Waals surface area contributed by atoms with Crippen LogP contribution < -0.4 is 5.32 Å². The molecular weight excluding hydrogens is 208 g/mol. The van der Waals surface area contributed by atoms with Gasteiger partial charge in [-0.15, -0.1) is 5.01 Å². The van der Waals surface area contributed by atoms with Gasteiger partial charge in [0.2, 0.25) is 0 Å². The highest BCUT2D eigenvalue weighted by Crippen LogP contribution is 1.95. The lowest BCUT2D eigenvalue weighted by molar-refractivity contribution is -0.690. The lowest BCUT2D eigenvalue weighted by atomic mass is 10.3. The van der Waals surface area contributed by atoms with Crippen molar-refractivity contribution in [1.29, 1.82) is 0 Å². The average molecular weight is 231 g/mol. The van der Waals surface area contributed by atoms with Crippen LogP contribution in [0.25, 0.3) is 0 Å². The summed E-state index contributed by atoms with van der Waals surface area (Å²) < 4.78 is 0. The minimum Gasteiger partial charge on any atom is -0.737 e. The first-order valence-corrected chi connectivity index (χ1v) is 6.02. The van der Waals surface area contributed by atoms with Gasteiger partial charge >= 0.3 is 0 Å². The molecule has 0 aliphatic rings. The highest BCUT2D eigenvalue weighted by atomic mass is 16.6. The van der Waals surface area contributed by atoms with E-state index in [1.807, 2.05) is 6.92 Å². The van der Waals surface area contributed by atoms with Crippen molar-refractivity contribution in [3.05, 3.63) is 10.4 Å². The Kier molecular flexibility index (Phi) is 9.80. The van der Waals surface area contributed by atoms with Crippen molar-refractivity contribution in [2.45, 2.75) is 39.5 Å². The van der Waals surface area contributed by atoms with Gasteiger partial charge in [0.15, 0.2) is 0 Å². The van der Waals surface area contributed by atoms with Gasteiger partial charge in [-0.2, -0.15) is 0 Å². The van der Waals surface area contributed by atoms with Gasteiger partial charge in [-0.05, 0) is 24.7 Å². The number of nitrogens with zero attached hydrogens (tertiary/aromatic N) is 3. The van der Waals surface area contributed by atoms with E-state index >= 15 is 0 Å². The molecular formula is C10H23N4O2-. The van der Waals surface area contributed by atoms with Gasteiger partial charge < -0.3 is 15.7 Å². The zero-order chi connectivity index (χ0) is 12.2. The lowest BCUT2D eigenvalue weighted by Crippen LogP contribution is -2.37. The van der Waals surface area contributed by atoms with Gasteiger partial charge in [-0.25, -0.2) is 0 Å². The molecule has 96 valence electrons. The Hall–Kier alpha value is -1.04. The Morgan fingerprint density at radius 1 is 1.12 bits per heavy atom. The van der Waals surface area contributed by atoms with Gasteiger partial charge in [0.25, 0.3) is 0 Å². The Bertz CT molecular complexity index is 188. The van der Waals surface area contributed by atoms with Crippen molar-refractivity contribution in [2.75, 3.05) is 26.2 Å². The minimum atomic E-state index is 0.150. The molecule has 0 saturated carbocycles. The first-order chi connectivity index (χ1) is 7.76. The second-order valence-corrected chi connectivity index (χ2v) is 3.75. The molecule has 0 fully saturated rings. The molecule has 0 radical (unpaired) electrons. The van der Waals surface area contributed by atoms with Crippen molar-refractivity contribution in [2.24, 2.45) is 5.28 Å². The van der Waals surface area contributed by atoms with Crippen LogP contribution in [0.5, 0.6) is 0 Å². The van der Waals surface area contributed by atoms with Gasteiger partial charge in [-0.3, -0.25) is 0 Å². The maximum absolute atomic E-state index is 11.1. The second kappa shape index (κ2) is 10.5. The van der Waals surface area contributed by atoms with E-state index in [1.165, 1.54) is 5.01 Å². The second-order valence-electron chi connectivity index (χ2n) is 3.75. The molecule has 0 aromatic heterocycles. The maximum atomic E-state index is 11.1. The van der Waals surface area contributed by atoms with E-state index in [9.17, 15) is 10.4 Å². The normalized spacial score (nSPS) is 11.8. The first-order valence-electron chi connectivity index (χ1n) is 6.02. The van der Waals surface area contributed by atoms with Gasteiger partial charge in [-0.1, -0.05) is 26.7 Å². The molecule has 0 aromatic carbocycles. The van der Waals surface area contributed by atoms with Crippen molar-refractivity contribution in [3.8, 4) is 0 Å². The number of nitrogens with one attached hydrogen (secondary N) is 1. The quantitative estimate of drug-likeness (QED) is 0.269. The summed E-state index contributed by atoms with van der Waals surface area (Å²) in [5.41, 5.74) is 0. The SMILES string of the molecule is CCCCNCCN(CCCC)/[N+]([O-])=N/[O-]. The zero-order valence-corrected chi connectivity index (χ0v) is 10.3. The number of unbranched alkanes of at least 4 members (excludes halogenated alkanes) is 2. The number of hydrazine groups is 1. The summed E-state index contributed by atoms with van der Waals surface area (Å²) in [5, 5.41) is 28.2. The van der Waals surface area contributed by atoms with Crippen LogP contribution in [0.3, 0.4) is 0 Å². The molecule has 0 rings (SSSR count). The van der Waals surface area contributed by atoms with Gasteiger partial charge in [0.05, 0.1) is 13.1 Å². The molecule has 0 atom stereocenters. The summed E-state index contributed by atoms with van der Waals surface area (Å²) in [4.78, 5) is 0.150. The van der Waals surface area contributed by atoms with E-state index < -0.39 is 0 Å². The van der Waals surface area contributed by atoms with E-state index in [2.05, 4.69) is 17.5 Å². The molecule has 0 heterocycles. The fourth-order valence-corrected chi connectivity index (χ4v) is 1.31. The average Bonchev–Trinajstić information content (AvgIpc) is 2.31. The number of hydrogen-bond acceptors (Lipinski definition) is 4. The van der Waals surface area contributed by atoms with Crippen LogP contribution in [0.2, 0.25) is 0 Å². The zero-order valence-electron chi connectivity index (χ0n) is 10.3. The summed E-state index contributed by atoms with van der Waals surface area (Å²) in [6.45, 7) is 6.94. The highest BCUT2D eigenvalue weighted by Gasteiger charge is 2.09. The smallest absolute Gasteiger partial charge is 0.0892 e. The summed E-state index contributed by atoms with van der Waals surface area (Å²) in [7, 11) is 0. The minimum absolute atomic E-state index is 0.150. The van der Waals surface area contributed by atoms with Crippen molar-refractivity contribution >= 4 is 0 Å². The predicted octanol–water partition coefficient (Wildman–Crippen LogP) is 1.85. The van der Waals surface area contributed by atoms with Gasteiger partial charge in [0.1, 0.15) is 0 Å². The highest BCUT2D eigenvalue weighted by molar-refractivity contribution is 4.51. The van der Waals surface area contributed by atoms with E-state index in [4.69, 9.17) is 0 Å². The van der Waals surface area contributed by atoms with Crippen LogP contribution in [0.15, 0.2) is 5.28 Å². The largest absolute Gasteiger partial charge is 0.737 e. The van der Waals surface area contributed by atoms with Crippen LogP contribution in [0, 0.1) is 10.4 Å². The van der Waals surface area contributed by atoms with Crippen LogP contribution in [-0.4, -0.2) is 36.2 Å². The maximum Gasteiger partial charge on any atom is 0.0892 e. The van der Waals surface area contributed by atoms with Crippen LogP contribution in [0.1, 0.15) is 39.5 Å². The molecule has 1 N–H and O–H groups in total. The van der Waals surface area contributed by atoms with Crippen molar-refractivity contribution < 1.29 is 4.97 Å². The van der Waals surface area contributed by atoms with E-state index in [-0.39, 0.29) is 4.97 Å². The Morgan fingerprint density at radius 3 is 2.38 bits per heavy atom. The molecule has 0 amide bonds. The molecule has 6 heteroatoms. The molecule has 0 aliphatic heterocycles. The Morgan fingerprint density at radius 2 is 1.81 bits per heavy atom. The number of rotatable bonds is 10. The fraction of sp³-hybridized carbons (Fsp3) is 1.00. The molecule has 6 nitrogen and oxygen atoms in total.